The van der Waals surface area contributed by atoms with Crippen LogP contribution >= 0.6 is 11.8 Å². The maximum atomic E-state index is 12.7. The van der Waals surface area contributed by atoms with Gasteiger partial charge in [-0.15, -0.1) is 0 Å². The number of amidine groups is 2. The summed E-state index contributed by atoms with van der Waals surface area (Å²) in [5.41, 5.74) is 1.55. The van der Waals surface area contributed by atoms with Crippen molar-refractivity contribution in [1.82, 2.24) is 5.01 Å². The number of hydrogen-bond acceptors (Lipinski definition) is 7. The van der Waals surface area contributed by atoms with Crippen molar-refractivity contribution in [2.75, 3.05) is 21.3 Å². The third-order valence-corrected chi connectivity index (χ3v) is 5.47. The predicted molar refractivity (Wildman–Crippen MR) is 117 cm³/mol. The van der Waals surface area contributed by atoms with E-state index in [0.29, 0.717) is 33.0 Å². The molecule has 9 heteroatoms. The Balaban J connectivity index is 1.74. The fourth-order valence-corrected chi connectivity index (χ4v) is 3.98. The highest BCUT2D eigenvalue weighted by Crippen LogP contribution is 2.41. The number of nitrogens with one attached hydrogen (secondary N) is 1. The van der Waals surface area contributed by atoms with E-state index < -0.39 is 5.91 Å². The van der Waals surface area contributed by atoms with E-state index in [2.05, 4.69) is 10.1 Å². The lowest BCUT2D eigenvalue weighted by Gasteiger charge is -2.21. The molecule has 0 spiro atoms. The summed E-state index contributed by atoms with van der Waals surface area (Å²) >= 11 is 1.26. The van der Waals surface area contributed by atoms with E-state index in [1.807, 2.05) is 30.3 Å². The van der Waals surface area contributed by atoms with Crippen molar-refractivity contribution in [3.05, 3.63) is 59.2 Å². The number of methoxy groups -OCH3 is 3. The van der Waals surface area contributed by atoms with Gasteiger partial charge in [-0.1, -0.05) is 30.3 Å². The third kappa shape index (κ3) is 3.33. The molecule has 30 heavy (non-hydrogen) atoms. The Morgan fingerprint density at radius 2 is 1.73 bits per heavy atom. The molecule has 0 aliphatic carbocycles. The highest BCUT2D eigenvalue weighted by atomic mass is 32.2. The van der Waals surface area contributed by atoms with Crippen LogP contribution in [0.2, 0.25) is 0 Å². The number of benzene rings is 2. The van der Waals surface area contributed by atoms with Crippen molar-refractivity contribution < 1.29 is 19.0 Å². The van der Waals surface area contributed by atoms with E-state index in [-0.39, 0.29) is 11.4 Å². The minimum atomic E-state index is -0.514. The van der Waals surface area contributed by atoms with Gasteiger partial charge in [-0.2, -0.15) is 15.1 Å². The van der Waals surface area contributed by atoms with Crippen molar-refractivity contribution in [1.29, 1.82) is 5.41 Å². The summed E-state index contributed by atoms with van der Waals surface area (Å²) in [7, 11) is 4.53. The Kier molecular flexibility index (Phi) is 5.28. The average Bonchev–Trinajstić information content (AvgIpc) is 3.20. The van der Waals surface area contributed by atoms with E-state index >= 15 is 0 Å². The minimum Gasteiger partial charge on any atom is -0.493 e. The van der Waals surface area contributed by atoms with Gasteiger partial charge >= 0.3 is 0 Å². The Labute approximate surface area is 177 Å². The van der Waals surface area contributed by atoms with Crippen LogP contribution in [-0.4, -0.2) is 48.3 Å². The summed E-state index contributed by atoms with van der Waals surface area (Å²) in [6.07, 6.45) is 1.55. The quantitative estimate of drug-likeness (QED) is 0.742. The number of rotatable bonds is 5. The van der Waals surface area contributed by atoms with Crippen LogP contribution in [0.25, 0.3) is 6.08 Å². The zero-order valence-electron chi connectivity index (χ0n) is 16.5. The number of aliphatic imine (C=N–C) groups is 1. The highest BCUT2D eigenvalue weighted by molar-refractivity contribution is 8.27. The number of amides is 1. The number of hydrazone groups is 1. The molecule has 8 nitrogen and oxygen atoms in total. The molecule has 2 aromatic rings. The third-order valence-electron chi connectivity index (χ3n) is 4.51. The largest absolute Gasteiger partial charge is 0.493 e. The maximum Gasteiger partial charge on any atom is 0.283 e. The smallest absolute Gasteiger partial charge is 0.283 e. The van der Waals surface area contributed by atoms with Crippen LogP contribution in [0.4, 0.5) is 0 Å². The number of nitrogens with zero attached hydrogens (tertiary/aromatic N) is 3. The second kappa shape index (κ2) is 8.03. The number of carbonyl (C=O) groups is 1. The lowest BCUT2D eigenvalue weighted by molar-refractivity contribution is -0.114. The molecular weight excluding hydrogens is 404 g/mol. The van der Waals surface area contributed by atoms with E-state index in [4.69, 9.17) is 19.6 Å². The molecule has 0 radical (unpaired) electrons. The van der Waals surface area contributed by atoms with E-state index in [9.17, 15) is 4.79 Å². The molecule has 152 valence electrons. The monoisotopic (exact) mass is 422 g/mol. The summed E-state index contributed by atoms with van der Waals surface area (Å²) < 4.78 is 16.2. The summed E-state index contributed by atoms with van der Waals surface area (Å²) in [5.74, 6) is 0.716. The van der Waals surface area contributed by atoms with Crippen LogP contribution in [0, 0.1) is 5.41 Å². The minimum absolute atomic E-state index is 0.0553. The zero-order chi connectivity index (χ0) is 21.3. The summed E-state index contributed by atoms with van der Waals surface area (Å²) in [6, 6.07) is 13.0. The normalized spacial score (nSPS) is 16.9. The van der Waals surface area contributed by atoms with Crippen molar-refractivity contribution in [2.24, 2.45) is 10.1 Å². The topological polar surface area (TPSA) is 96.6 Å². The fourth-order valence-electron chi connectivity index (χ4n) is 3.08. The second-order valence-corrected chi connectivity index (χ2v) is 7.17. The average molecular weight is 422 g/mol. The first-order valence-corrected chi connectivity index (χ1v) is 9.73. The Morgan fingerprint density at radius 1 is 1.00 bits per heavy atom. The summed E-state index contributed by atoms with van der Waals surface area (Å²) in [5, 5.41) is 15.4. The Bertz CT molecular complexity index is 1130. The van der Waals surface area contributed by atoms with Crippen LogP contribution < -0.4 is 14.2 Å². The van der Waals surface area contributed by atoms with Crippen LogP contribution in [0.5, 0.6) is 17.2 Å². The SMILES string of the molecule is COc1ccc(/C=C2/C(=N)N3N=C(c4ccccc4)SC3=NC2=O)c(OC)c1OC. The van der Waals surface area contributed by atoms with Crippen LogP contribution in [-0.2, 0) is 4.79 Å². The van der Waals surface area contributed by atoms with Gasteiger partial charge in [0.15, 0.2) is 17.3 Å². The fraction of sp³-hybridized carbons (Fsp3) is 0.143. The van der Waals surface area contributed by atoms with Gasteiger partial charge in [0.05, 0.1) is 26.9 Å². The lowest BCUT2D eigenvalue weighted by Crippen LogP contribution is -2.35. The number of hydrogen-bond donors (Lipinski definition) is 1. The van der Waals surface area contributed by atoms with Crippen LogP contribution in [0.15, 0.2) is 58.1 Å². The van der Waals surface area contributed by atoms with Crippen molar-refractivity contribution >= 4 is 39.8 Å². The van der Waals surface area contributed by atoms with Gasteiger partial charge in [0.1, 0.15) is 5.04 Å². The van der Waals surface area contributed by atoms with E-state index in [1.54, 1.807) is 18.2 Å². The molecule has 4 rings (SSSR count). The molecule has 0 bridgehead atoms. The molecule has 0 aromatic heterocycles. The maximum absolute atomic E-state index is 12.7. The lowest BCUT2D eigenvalue weighted by atomic mass is 10.1. The summed E-state index contributed by atoms with van der Waals surface area (Å²) in [4.78, 5) is 16.8. The zero-order valence-corrected chi connectivity index (χ0v) is 17.3. The van der Waals surface area contributed by atoms with Crippen LogP contribution in [0.1, 0.15) is 11.1 Å². The molecule has 2 aliphatic heterocycles. The second-order valence-electron chi connectivity index (χ2n) is 6.21. The Hall–Kier alpha value is -3.59. The molecule has 1 amide bonds. The molecule has 0 saturated carbocycles. The standard InChI is InChI=1S/C21H18N4O4S/c1-27-15-10-9-13(16(28-2)17(15)29-3)11-14-18(22)25-21(23-19(14)26)30-20(24-25)12-7-5-4-6-8-12/h4-11,22H,1-3H3/b14-11-,22-18?. The summed E-state index contributed by atoms with van der Waals surface area (Å²) in [6.45, 7) is 0. The van der Waals surface area contributed by atoms with Crippen molar-refractivity contribution in [2.45, 2.75) is 0 Å². The molecule has 0 fully saturated rings. The molecule has 0 saturated heterocycles. The number of fused-ring (bicyclic) bond motifs is 1. The van der Waals surface area contributed by atoms with Gasteiger partial charge in [0.2, 0.25) is 10.9 Å². The molecule has 1 N–H and O–H groups in total. The van der Waals surface area contributed by atoms with E-state index in [1.165, 1.54) is 38.1 Å². The molecular formula is C21H18N4O4S. The Morgan fingerprint density at radius 3 is 2.40 bits per heavy atom. The molecule has 0 atom stereocenters. The van der Waals surface area contributed by atoms with E-state index in [0.717, 1.165) is 5.56 Å². The van der Waals surface area contributed by atoms with Crippen LogP contribution in [0.3, 0.4) is 0 Å². The first kappa shape index (κ1) is 19.7. The number of ether oxygens (including phenoxy) is 3. The van der Waals surface area contributed by atoms with Gasteiger partial charge in [-0.05, 0) is 30.0 Å². The molecule has 2 aromatic carbocycles. The molecule has 2 heterocycles. The highest BCUT2D eigenvalue weighted by Gasteiger charge is 2.36. The predicted octanol–water partition coefficient (Wildman–Crippen LogP) is 3.38. The van der Waals surface area contributed by atoms with Crippen molar-refractivity contribution in [3.63, 3.8) is 0 Å². The first-order chi connectivity index (χ1) is 14.6. The van der Waals surface area contributed by atoms with Gasteiger partial charge in [-0.25, -0.2) is 0 Å². The number of carbonyl (C=O) groups excluding carboxylic acids is 1. The molecule has 0 unspecified atom stereocenters. The van der Waals surface area contributed by atoms with Gasteiger partial charge < -0.3 is 14.2 Å². The van der Waals surface area contributed by atoms with Gasteiger partial charge in [0.25, 0.3) is 5.91 Å². The van der Waals surface area contributed by atoms with Crippen molar-refractivity contribution in [3.8, 4) is 17.2 Å². The first-order valence-electron chi connectivity index (χ1n) is 8.92. The number of thioether (sulfide) groups is 1. The van der Waals surface area contributed by atoms with Gasteiger partial charge in [0, 0.05) is 11.1 Å². The molecule has 2 aliphatic rings. The van der Waals surface area contributed by atoms with Gasteiger partial charge in [-0.3, -0.25) is 10.2 Å².